The van der Waals surface area contributed by atoms with Crippen molar-refractivity contribution in [2.45, 2.75) is 25.4 Å². The van der Waals surface area contributed by atoms with Crippen LogP contribution in [0.1, 0.15) is 35.2 Å². The van der Waals surface area contributed by atoms with Gasteiger partial charge in [-0.05, 0) is 36.6 Å². The van der Waals surface area contributed by atoms with E-state index in [9.17, 15) is 0 Å². The molecule has 1 aliphatic heterocycles. The Hall–Kier alpha value is -3.02. The average Bonchev–Trinajstić information content (AvgIpc) is 3.16. The summed E-state index contributed by atoms with van der Waals surface area (Å²) in [5.41, 5.74) is 3.62. The molecule has 2 aromatic carbocycles. The molecular formula is C20H22N4O2. The molecular weight excluding hydrogens is 328 g/mol. The van der Waals surface area contributed by atoms with Crippen molar-refractivity contribution >= 4 is 5.95 Å². The van der Waals surface area contributed by atoms with Crippen molar-refractivity contribution in [3.8, 4) is 11.5 Å². The lowest BCUT2D eigenvalue weighted by atomic mass is 9.93. The number of fused-ring (bicyclic) bond motifs is 1. The summed E-state index contributed by atoms with van der Waals surface area (Å²) in [5, 5.41) is 7.92. The third-order valence-electron chi connectivity index (χ3n) is 4.90. The fourth-order valence-corrected chi connectivity index (χ4v) is 3.47. The third-order valence-corrected chi connectivity index (χ3v) is 4.90. The maximum Gasteiger partial charge on any atom is 0.222 e. The quantitative estimate of drug-likeness (QED) is 0.776. The Morgan fingerprint density at radius 1 is 1.00 bits per heavy atom. The summed E-state index contributed by atoms with van der Waals surface area (Å²) in [6.07, 6.45) is 2.46. The van der Waals surface area contributed by atoms with Gasteiger partial charge < -0.3 is 14.8 Å². The number of methoxy groups -OCH3 is 2. The van der Waals surface area contributed by atoms with Crippen molar-refractivity contribution in [3.63, 3.8) is 0 Å². The molecule has 0 saturated carbocycles. The van der Waals surface area contributed by atoms with E-state index >= 15 is 0 Å². The second-order valence-corrected chi connectivity index (χ2v) is 6.50. The normalized spacial score (nSPS) is 18.7. The zero-order valence-electron chi connectivity index (χ0n) is 15.1. The first-order valence-electron chi connectivity index (χ1n) is 8.64. The molecule has 0 aliphatic carbocycles. The minimum atomic E-state index is 0.0693. The zero-order chi connectivity index (χ0) is 18.1. The fraction of sp³-hybridized carbons (Fsp3) is 0.300. The van der Waals surface area contributed by atoms with Crippen LogP contribution >= 0.6 is 0 Å². The van der Waals surface area contributed by atoms with Crippen LogP contribution in [0.15, 0.2) is 48.8 Å². The van der Waals surface area contributed by atoms with Gasteiger partial charge in [0.1, 0.15) is 6.33 Å². The maximum atomic E-state index is 5.48. The molecule has 0 saturated heterocycles. The molecule has 6 nitrogen and oxygen atoms in total. The Morgan fingerprint density at radius 2 is 1.73 bits per heavy atom. The minimum absolute atomic E-state index is 0.0693. The van der Waals surface area contributed by atoms with Crippen LogP contribution in [0.4, 0.5) is 5.95 Å². The number of aryl methyl sites for hydroxylation is 1. The monoisotopic (exact) mass is 350 g/mol. The van der Waals surface area contributed by atoms with Crippen LogP contribution in [-0.2, 0) is 0 Å². The highest BCUT2D eigenvalue weighted by Gasteiger charge is 2.30. The second-order valence-electron chi connectivity index (χ2n) is 6.50. The second kappa shape index (κ2) is 6.71. The summed E-state index contributed by atoms with van der Waals surface area (Å²) < 4.78 is 12.8. The van der Waals surface area contributed by atoms with Crippen molar-refractivity contribution in [1.82, 2.24) is 14.8 Å². The van der Waals surface area contributed by atoms with E-state index < -0.39 is 0 Å². The topological polar surface area (TPSA) is 61.2 Å². The molecule has 0 unspecified atom stereocenters. The van der Waals surface area contributed by atoms with Crippen LogP contribution in [0.2, 0.25) is 0 Å². The van der Waals surface area contributed by atoms with E-state index in [1.54, 1.807) is 20.5 Å². The molecule has 0 amide bonds. The van der Waals surface area contributed by atoms with E-state index in [1.165, 1.54) is 11.1 Å². The number of ether oxygens (including phenoxy) is 2. The Kier molecular flexibility index (Phi) is 4.24. The summed E-state index contributed by atoms with van der Waals surface area (Å²) in [6.45, 7) is 2.10. The Labute approximate surface area is 152 Å². The Morgan fingerprint density at radius 3 is 2.46 bits per heavy atom. The number of rotatable bonds is 4. The van der Waals surface area contributed by atoms with Crippen molar-refractivity contribution in [3.05, 3.63) is 65.5 Å². The molecule has 4 rings (SSSR count). The van der Waals surface area contributed by atoms with Crippen LogP contribution in [0.5, 0.6) is 11.5 Å². The van der Waals surface area contributed by atoms with Gasteiger partial charge in [0.05, 0.1) is 26.3 Å². The van der Waals surface area contributed by atoms with Gasteiger partial charge >= 0.3 is 0 Å². The maximum absolute atomic E-state index is 5.48. The van der Waals surface area contributed by atoms with Gasteiger partial charge in [0.15, 0.2) is 11.5 Å². The molecule has 2 atom stereocenters. The summed E-state index contributed by atoms with van der Waals surface area (Å²) in [6, 6.07) is 14.9. The van der Waals surface area contributed by atoms with Gasteiger partial charge in [-0.15, -0.1) is 0 Å². The van der Waals surface area contributed by atoms with Crippen LogP contribution < -0.4 is 14.8 Å². The number of anilines is 1. The Balaban J connectivity index is 1.72. The number of nitrogens with zero attached hydrogens (tertiary/aromatic N) is 3. The first-order valence-corrected chi connectivity index (χ1v) is 8.64. The van der Waals surface area contributed by atoms with Crippen molar-refractivity contribution in [2.75, 3.05) is 19.5 Å². The van der Waals surface area contributed by atoms with Crippen molar-refractivity contribution in [1.29, 1.82) is 0 Å². The molecule has 0 fully saturated rings. The molecule has 0 radical (unpaired) electrons. The molecule has 1 aromatic heterocycles. The van der Waals surface area contributed by atoms with E-state index in [-0.39, 0.29) is 12.1 Å². The average molecular weight is 350 g/mol. The highest BCUT2D eigenvalue weighted by molar-refractivity contribution is 5.46. The summed E-state index contributed by atoms with van der Waals surface area (Å²) in [5.74, 6) is 2.22. The number of benzene rings is 2. The van der Waals surface area contributed by atoms with E-state index in [0.29, 0.717) is 0 Å². The summed E-state index contributed by atoms with van der Waals surface area (Å²) in [7, 11) is 3.30. The van der Waals surface area contributed by atoms with Gasteiger partial charge in [0, 0.05) is 0 Å². The summed E-state index contributed by atoms with van der Waals surface area (Å²) in [4.78, 5) is 4.39. The lowest BCUT2D eigenvalue weighted by Crippen LogP contribution is -2.28. The molecule has 6 heteroatoms. The predicted molar refractivity (Wildman–Crippen MR) is 99.9 cm³/mol. The number of hydrogen-bond acceptors (Lipinski definition) is 5. The molecule has 1 aliphatic rings. The van der Waals surface area contributed by atoms with Gasteiger partial charge in [-0.1, -0.05) is 35.9 Å². The highest BCUT2D eigenvalue weighted by atomic mass is 16.5. The van der Waals surface area contributed by atoms with Gasteiger partial charge in [-0.3, -0.25) is 0 Å². The first-order chi connectivity index (χ1) is 12.7. The van der Waals surface area contributed by atoms with E-state index in [4.69, 9.17) is 9.47 Å². The van der Waals surface area contributed by atoms with Crippen LogP contribution in [0, 0.1) is 6.92 Å². The molecule has 0 bridgehead atoms. The number of aromatic nitrogens is 3. The molecule has 0 spiro atoms. The lowest BCUT2D eigenvalue weighted by molar-refractivity contribution is 0.352. The van der Waals surface area contributed by atoms with Gasteiger partial charge in [0.2, 0.25) is 5.95 Å². The van der Waals surface area contributed by atoms with Gasteiger partial charge in [-0.2, -0.15) is 10.1 Å². The predicted octanol–water partition coefficient (Wildman–Crippen LogP) is 3.75. The molecule has 134 valence electrons. The summed E-state index contributed by atoms with van der Waals surface area (Å²) >= 11 is 0. The smallest absolute Gasteiger partial charge is 0.222 e. The fourth-order valence-electron chi connectivity index (χ4n) is 3.47. The largest absolute Gasteiger partial charge is 0.493 e. The number of nitrogens with one attached hydrogen (secondary N) is 1. The lowest BCUT2D eigenvalue weighted by Gasteiger charge is -2.32. The van der Waals surface area contributed by atoms with Crippen LogP contribution in [-0.4, -0.2) is 29.0 Å². The molecule has 2 heterocycles. The van der Waals surface area contributed by atoms with Crippen LogP contribution in [0.25, 0.3) is 0 Å². The highest BCUT2D eigenvalue weighted by Crippen LogP contribution is 2.39. The molecule has 1 N–H and O–H groups in total. The van der Waals surface area contributed by atoms with Gasteiger partial charge in [0.25, 0.3) is 0 Å². The van der Waals surface area contributed by atoms with E-state index in [1.807, 2.05) is 16.8 Å². The molecule has 3 aromatic rings. The van der Waals surface area contributed by atoms with E-state index in [0.717, 1.165) is 29.4 Å². The van der Waals surface area contributed by atoms with Gasteiger partial charge in [-0.25, -0.2) is 4.68 Å². The molecule has 26 heavy (non-hydrogen) atoms. The Bertz CT molecular complexity index is 904. The minimum Gasteiger partial charge on any atom is -0.493 e. The van der Waals surface area contributed by atoms with Crippen molar-refractivity contribution < 1.29 is 9.47 Å². The van der Waals surface area contributed by atoms with Crippen LogP contribution in [0.3, 0.4) is 0 Å². The number of hydrogen-bond donors (Lipinski definition) is 1. The first kappa shape index (κ1) is 16.4. The third kappa shape index (κ3) is 2.87. The van der Waals surface area contributed by atoms with E-state index in [2.05, 4.69) is 52.7 Å². The standard InChI is InChI=1S/C20H22N4O2/c1-13-4-6-14(7-5-13)16-11-17(24-20(23-16)21-12-22-24)15-8-9-18(25-2)19(10-15)26-3/h4-10,12,16-17H,11H2,1-3H3,(H,21,22,23)/t16-,17+/m0/s1. The SMILES string of the molecule is COc1ccc([C@H]2C[C@@H](c3ccc(C)cc3)Nc3ncnn32)cc1OC. The zero-order valence-corrected chi connectivity index (χ0v) is 15.1. The van der Waals surface area contributed by atoms with Crippen molar-refractivity contribution in [2.24, 2.45) is 0 Å².